The number of aliphatic imine (C=N–C) groups is 1. The Hall–Kier alpha value is -2.69. The molecule has 2 N–H and O–H groups in total. The van der Waals surface area contributed by atoms with E-state index in [-0.39, 0.29) is 0 Å². The highest BCUT2D eigenvalue weighted by Gasteiger charge is 2.01. The summed E-state index contributed by atoms with van der Waals surface area (Å²) in [6, 6.07) is 15.9. The van der Waals surface area contributed by atoms with E-state index in [1.165, 1.54) is 0 Å². The molecule has 2 rings (SSSR count). The van der Waals surface area contributed by atoms with Crippen LogP contribution in [0.2, 0.25) is 0 Å². The molecule has 0 atom stereocenters. The van der Waals surface area contributed by atoms with Gasteiger partial charge in [0.2, 0.25) is 0 Å². The molecule has 5 heteroatoms. The number of rotatable bonds is 6. The predicted octanol–water partition coefficient (Wildman–Crippen LogP) is 2.57. The van der Waals surface area contributed by atoms with E-state index in [1.54, 1.807) is 21.3 Å². The largest absolute Gasteiger partial charge is 0.497 e. The molecule has 0 amide bonds. The normalized spacial score (nSPS) is 9.87. The number of methoxy groups -OCH3 is 2. The van der Waals surface area contributed by atoms with Gasteiger partial charge in [-0.2, -0.15) is 0 Å². The molecule has 122 valence electrons. The zero-order valence-electron chi connectivity index (χ0n) is 13.8. The van der Waals surface area contributed by atoms with E-state index >= 15 is 0 Å². The maximum Gasteiger partial charge on any atom is 0.191 e. The van der Waals surface area contributed by atoms with Crippen molar-refractivity contribution in [3.63, 3.8) is 0 Å². The molecule has 23 heavy (non-hydrogen) atoms. The molecule has 2 aromatic rings. The molecule has 2 aromatic carbocycles. The summed E-state index contributed by atoms with van der Waals surface area (Å²) in [5.41, 5.74) is 2.27. The fraction of sp³-hybridized carbons (Fsp3) is 0.278. The Morgan fingerprint density at radius 3 is 1.74 bits per heavy atom. The van der Waals surface area contributed by atoms with Crippen molar-refractivity contribution in [3.05, 3.63) is 59.7 Å². The van der Waals surface area contributed by atoms with Crippen molar-refractivity contribution in [2.75, 3.05) is 21.3 Å². The molecular formula is C18H23N3O2. The Balaban J connectivity index is 1.87. The first kappa shape index (κ1) is 16.7. The molecule has 0 fully saturated rings. The third-order valence-electron chi connectivity index (χ3n) is 3.41. The Morgan fingerprint density at radius 1 is 0.870 bits per heavy atom. The van der Waals surface area contributed by atoms with Gasteiger partial charge in [0.1, 0.15) is 11.5 Å². The highest BCUT2D eigenvalue weighted by Crippen LogP contribution is 2.13. The molecule has 0 aliphatic rings. The van der Waals surface area contributed by atoms with Crippen LogP contribution in [0.15, 0.2) is 53.5 Å². The van der Waals surface area contributed by atoms with Crippen molar-refractivity contribution in [2.45, 2.75) is 13.1 Å². The molecule has 0 spiro atoms. The Bertz CT molecular complexity index is 603. The molecule has 5 nitrogen and oxygen atoms in total. The van der Waals surface area contributed by atoms with Gasteiger partial charge < -0.3 is 20.1 Å². The summed E-state index contributed by atoms with van der Waals surface area (Å²) in [6.07, 6.45) is 0. The molecule has 0 heterocycles. The first-order valence-electron chi connectivity index (χ1n) is 7.45. The lowest BCUT2D eigenvalue weighted by Crippen LogP contribution is -2.36. The van der Waals surface area contributed by atoms with Crippen molar-refractivity contribution in [1.82, 2.24) is 10.6 Å². The third-order valence-corrected chi connectivity index (χ3v) is 3.41. The zero-order valence-corrected chi connectivity index (χ0v) is 13.8. The number of benzene rings is 2. The molecule has 0 saturated heterocycles. The van der Waals surface area contributed by atoms with Gasteiger partial charge in [-0.15, -0.1) is 0 Å². The first-order chi connectivity index (χ1) is 11.2. The average Bonchev–Trinajstić information content (AvgIpc) is 2.62. The van der Waals surface area contributed by atoms with Gasteiger partial charge in [-0.05, 0) is 35.4 Å². The van der Waals surface area contributed by atoms with Crippen molar-refractivity contribution in [1.29, 1.82) is 0 Å². The Kier molecular flexibility index (Phi) is 6.29. The van der Waals surface area contributed by atoms with Crippen molar-refractivity contribution in [2.24, 2.45) is 4.99 Å². The van der Waals surface area contributed by atoms with E-state index in [2.05, 4.69) is 15.6 Å². The van der Waals surface area contributed by atoms with Crippen molar-refractivity contribution >= 4 is 5.96 Å². The summed E-state index contributed by atoms with van der Waals surface area (Å²) >= 11 is 0. The summed E-state index contributed by atoms with van der Waals surface area (Å²) in [5.74, 6) is 2.45. The quantitative estimate of drug-likeness (QED) is 0.636. The van der Waals surface area contributed by atoms with E-state index in [4.69, 9.17) is 9.47 Å². The van der Waals surface area contributed by atoms with E-state index in [1.807, 2.05) is 48.5 Å². The molecule has 0 bridgehead atoms. The number of hydrogen-bond acceptors (Lipinski definition) is 3. The summed E-state index contributed by atoms with van der Waals surface area (Å²) < 4.78 is 10.5. The number of nitrogens with one attached hydrogen (secondary N) is 2. The molecule has 0 aromatic heterocycles. The smallest absolute Gasteiger partial charge is 0.191 e. The predicted molar refractivity (Wildman–Crippen MR) is 93.0 cm³/mol. The van der Waals surface area contributed by atoms with Crippen LogP contribution in [0.4, 0.5) is 0 Å². The van der Waals surface area contributed by atoms with Gasteiger partial charge in [-0.25, -0.2) is 0 Å². The van der Waals surface area contributed by atoms with Gasteiger partial charge in [-0.1, -0.05) is 24.3 Å². The highest BCUT2D eigenvalue weighted by atomic mass is 16.5. The topological polar surface area (TPSA) is 54.9 Å². The van der Waals surface area contributed by atoms with Crippen LogP contribution in [-0.4, -0.2) is 27.2 Å². The lowest BCUT2D eigenvalue weighted by molar-refractivity contribution is 0.414. The van der Waals surface area contributed by atoms with Crippen LogP contribution in [0.1, 0.15) is 11.1 Å². The lowest BCUT2D eigenvalue weighted by Gasteiger charge is -2.13. The molecule has 0 aliphatic carbocycles. The van der Waals surface area contributed by atoms with Crippen molar-refractivity contribution in [3.8, 4) is 11.5 Å². The Morgan fingerprint density at radius 2 is 1.35 bits per heavy atom. The number of guanidine groups is 1. The lowest BCUT2D eigenvalue weighted by atomic mass is 10.2. The number of nitrogens with zero attached hydrogens (tertiary/aromatic N) is 1. The Labute approximate surface area is 137 Å². The van der Waals surface area contributed by atoms with Crippen LogP contribution in [-0.2, 0) is 13.1 Å². The second-order valence-corrected chi connectivity index (χ2v) is 4.98. The van der Waals surface area contributed by atoms with E-state index in [0.717, 1.165) is 28.6 Å². The number of ether oxygens (including phenoxy) is 2. The molecule has 0 unspecified atom stereocenters. The van der Waals surface area contributed by atoms with Crippen LogP contribution in [0, 0.1) is 0 Å². The van der Waals surface area contributed by atoms with Crippen LogP contribution in [0.25, 0.3) is 0 Å². The van der Waals surface area contributed by atoms with Crippen LogP contribution >= 0.6 is 0 Å². The zero-order chi connectivity index (χ0) is 16.5. The molecule has 0 radical (unpaired) electrons. The minimum Gasteiger partial charge on any atom is -0.497 e. The maximum absolute atomic E-state index is 5.23. The molecular weight excluding hydrogens is 290 g/mol. The highest BCUT2D eigenvalue weighted by molar-refractivity contribution is 5.79. The molecule has 0 aliphatic heterocycles. The monoisotopic (exact) mass is 313 g/mol. The maximum atomic E-state index is 5.23. The van der Waals surface area contributed by atoms with Crippen molar-refractivity contribution < 1.29 is 9.47 Å². The minimum atomic E-state index is 0.676. The second kappa shape index (κ2) is 8.68. The summed E-state index contributed by atoms with van der Waals surface area (Å²) in [7, 11) is 5.09. The average molecular weight is 313 g/mol. The van der Waals surface area contributed by atoms with Gasteiger partial charge >= 0.3 is 0 Å². The van der Waals surface area contributed by atoms with Crippen LogP contribution < -0.4 is 20.1 Å². The van der Waals surface area contributed by atoms with Crippen LogP contribution in [0.3, 0.4) is 0 Å². The number of hydrogen-bond donors (Lipinski definition) is 2. The fourth-order valence-corrected chi connectivity index (χ4v) is 2.16. The molecule has 0 saturated carbocycles. The summed E-state index contributed by atoms with van der Waals surface area (Å²) in [4.78, 5) is 4.24. The van der Waals surface area contributed by atoms with E-state index in [9.17, 15) is 0 Å². The van der Waals surface area contributed by atoms with Gasteiger partial charge in [0, 0.05) is 20.1 Å². The van der Waals surface area contributed by atoms with E-state index in [0.29, 0.717) is 13.1 Å². The first-order valence-corrected chi connectivity index (χ1v) is 7.45. The van der Waals surface area contributed by atoms with Gasteiger partial charge in [0.05, 0.1) is 14.2 Å². The van der Waals surface area contributed by atoms with Gasteiger partial charge in [0.15, 0.2) is 5.96 Å². The summed E-state index contributed by atoms with van der Waals surface area (Å²) in [6.45, 7) is 1.35. The SMILES string of the molecule is CN=C(NCc1cccc(OC)c1)NCc1cccc(OC)c1. The fourth-order valence-electron chi connectivity index (χ4n) is 2.16. The van der Waals surface area contributed by atoms with E-state index < -0.39 is 0 Å². The summed E-state index contributed by atoms with van der Waals surface area (Å²) in [5, 5.41) is 6.58. The minimum absolute atomic E-state index is 0.676. The van der Waals surface area contributed by atoms with Gasteiger partial charge in [-0.3, -0.25) is 4.99 Å². The third kappa shape index (κ3) is 5.21. The van der Waals surface area contributed by atoms with Crippen LogP contribution in [0.5, 0.6) is 11.5 Å². The second-order valence-electron chi connectivity index (χ2n) is 4.98. The van der Waals surface area contributed by atoms with Gasteiger partial charge in [0.25, 0.3) is 0 Å². The standard InChI is InChI=1S/C18H23N3O2/c1-19-18(20-12-14-6-4-8-16(10-14)22-2)21-13-15-7-5-9-17(11-15)23-3/h4-11H,12-13H2,1-3H3,(H2,19,20,21).